The van der Waals surface area contributed by atoms with E-state index in [-0.39, 0.29) is 16.8 Å². The van der Waals surface area contributed by atoms with E-state index in [0.717, 1.165) is 49.9 Å². The SMILES string of the molecule is CCCCC1CNCCCN1C(=O)c1cccc(NS(=O)(=O)c2ccc(-c3ccccc3)cc2)c1. The van der Waals surface area contributed by atoms with Crippen molar-refractivity contribution < 1.29 is 13.2 Å². The number of nitrogens with zero attached hydrogens (tertiary/aromatic N) is 1. The maximum Gasteiger partial charge on any atom is 0.261 e. The summed E-state index contributed by atoms with van der Waals surface area (Å²) in [6.45, 7) is 4.54. The molecule has 0 aromatic heterocycles. The molecule has 0 saturated carbocycles. The predicted octanol–water partition coefficient (Wildman–Crippen LogP) is 5.15. The molecule has 1 aliphatic heterocycles. The minimum absolute atomic E-state index is 0.0527. The summed E-state index contributed by atoms with van der Waals surface area (Å²) in [6.07, 6.45) is 4.02. The Morgan fingerprint density at radius 2 is 1.74 bits per heavy atom. The zero-order valence-electron chi connectivity index (χ0n) is 20.1. The number of carbonyl (C=O) groups is 1. The third-order valence-electron chi connectivity index (χ3n) is 6.36. The molecule has 0 spiro atoms. The molecule has 1 amide bonds. The van der Waals surface area contributed by atoms with Gasteiger partial charge in [0.15, 0.2) is 0 Å². The molecular weight excluding hydrogens is 458 g/mol. The lowest BCUT2D eigenvalue weighted by Crippen LogP contribution is -2.43. The first-order chi connectivity index (χ1) is 17.0. The Morgan fingerprint density at radius 1 is 1.00 bits per heavy atom. The van der Waals surface area contributed by atoms with E-state index in [4.69, 9.17) is 0 Å². The van der Waals surface area contributed by atoms with E-state index in [1.807, 2.05) is 35.2 Å². The van der Waals surface area contributed by atoms with Crippen molar-refractivity contribution in [2.45, 2.75) is 43.5 Å². The van der Waals surface area contributed by atoms with Gasteiger partial charge in [-0.3, -0.25) is 9.52 Å². The second-order valence-corrected chi connectivity index (χ2v) is 10.6. The van der Waals surface area contributed by atoms with Crippen LogP contribution in [-0.4, -0.2) is 44.9 Å². The highest BCUT2D eigenvalue weighted by molar-refractivity contribution is 7.92. The predicted molar refractivity (Wildman–Crippen MR) is 141 cm³/mol. The maximum atomic E-state index is 13.4. The van der Waals surface area contributed by atoms with Crippen molar-refractivity contribution >= 4 is 21.6 Å². The molecule has 1 atom stereocenters. The van der Waals surface area contributed by atoms with E-state index >= 15 is 0 Å². The Balaban J connectivity index is 1.50. The second-order valence-electron chi connectivity index (χ2n) is 8.93. The topological polar surface area (TPSA) is 78.5 Å². The highest BCUT2D eigenvalue weighted by atomic mass is 32.2. The van der Waals surface area contributed by atoms with Crippen molar-refractivity contribution in [2.24, 2.45) is 0 Å². The molecule has 184 valence electrons. The lowest BCUT2D eigenvalue weighted by atomic mass is 10.1. The Bertz CT molecular complexity index is 1230. The molecule has 0 bridgehead atoms. The van der Waals surface area contributed by atoms with E-state index < -0.39 is 10.0 Å². The van der Waals surface area contributed by atoms with Gasteiger partial charge in [-0.2, -0.15) is 0 Å². The zero-order chi connectivity index (χ0) is 24.7. The average Bonchev–Trinajstić information content (AvgIpc) is 3.13. The van der Waals surface area contributed by atoms with Crippen LogP contribution in [0, 0.1) is 0 Å². The van der Waals surface area contributed by atoms with Crippen LogP contribution >= 0.6 is 0 Å². The fraction of sp³-hybridized carbons (Fsp3) is 0.321. The second kappa shape index (κ2) is 11.5. The van der Waals surface area contributed by atoms with Crippen LogP contribution in [0.15, 0.2) is 83.8 Å². The Hall–Kier alpha value is -3.16. The minimum atomic E-state index is -3.79. The van der Waals surface area contributed by atoms with E-state index in [1.54, 1.807) is 48.5 Å². The largest absolute Gasteiger partial charge is 0.334 e. The standard InChI is InChI=1S/C28H33N3O3S/c1-2-3-13-26-21-29-18-8-19-31(26)28(32)24-11-7-12-25(20-24)30-35(33,34)27-16-14-23(15-17-27)22-9-5-4-6-10-22/h4-7,9-12,14-17,20,26,29-30H,2-3,8,13,18-19,21H2,1H3. The number of amides is 1. The number of hydrogen-bond acceptors (Lipinski definition) is 4. The molecule has 4 rings (SSSR count). The third kappa shape index (κ3) is 6.29. The monoisotopic (exact) mass is 491 g/mol. The van der Waals surface area contributed by atoms with Gasteiger partial charge in [-0.1, -0.05) is 68.3 Å². The molecular formula is C28H33N3O3S. The molecule has 7 heteroatoms. The molecule has 3 aromatic rings. The Kier molecular flexibility index (Phi) is 8.21. The van der Waals surface area contributed by atoms with Crippen LogP contribution in [0.2, 0.25) is 0 Å². The van der Waals surface area contributed by atoms with Crippen molar-refractivity contribution in [1.29, 1.82) is 0 Å². The van der Waals surface area contributed by atoms with Gasteiger partial charge in [-0.05, 0) is 60.8 Å². The van der Waals surface area contributed by atoms with Crippen LogP contribution in [0.25, 0.3) is 11.1 Å². The van der Waals surface area contributed by atoms with Gasteiger partial charge in [0.25, 0.3) is 15.9 Å². The van der Waals surface area contributed by atoms with Crippen LogP contribution in [0.3, 0.4) is 0 Å². The van der Waals surface area contributed by atoms with Gasteiger partial charge in [0, 0.05) is 30.4 Å². The quantitative estimate of drug-likeness (QED) is 0.457. The minimum Gasteiger partial charge on any atom is -0.334 e. The average molecular weight is 492 g/mol. The number of nitrogens with one attached hydrogen (secondary N) is 2. The van der Waals surface area contributed by atoms with Gasteiger partial charge in [0.05, 0.1) is 4.90 Å². The van der Waals surface area contributed by atoms with Crippen LogP contribution in [0.4, 0.5) is 5.69 Å². The van der Waals surface area contributed by atoms with Crippen molar-refractivity contribution in [3.63, 3.8) is 0 Å². The third-order valence-corrected chi connectivity index (χ3v) is 7.76. The summed E-state index contributed by atoms with van der Waals surface area (Å²) in [6, 6.07) is 23.5. The number of anilines is 1. The highest BCUT2D eigenvalue weighted by Crippen LogP contribution is 2.24. The Labute approximate surface area is 208 Å². The van der Waals surface area contributed by atoms with Crippen LogP contribution in [-0.2, 0) is 10.0 Å². The summed E-state index contributed by atoms with van der Waals surface area (Å²) >= 11 is 0. The molecule has 1 fully saturated rings. The number of sulfonamides is 1. The zero-order valence-corrected chi connectivity index (χ0v) is 20.9. The summed E-state index contributed by atoms with van der Waals surface area (Å²) in [5, 5.41) is 3.43. The number of benzene rings is 3. The molecule has 1 unspecified atom stereocenters. The van der Waals surface area contributed by atoms with Gasteiger partial charge in [-0.15, -0.1) is 0 Å². The lowest BCUT2D eigenvalue weighted by molar-refractivity contribution is 0.0682. The van der Waals surface area contributed by atoms with Gasteiger partial charge in [-0.25, -0.2) is 8.42 Å². The molecule has 0 radical (unpaired) electrons. The smallest absolute Gasteiger partial charge is 0.261 e. The van der Waals surface area contributed by atoms with E-state index in [1.165, 1.54) is 0 Å². The molecule has 1 saturated heterocycles. The number of unbranched alkanes of at least 4 members (excludes halogenated alkanes) is 1. The summed E-state index contributed by atoms with van der Waals surface area (Å²) in [4.78, 5) is 15.5. The fourth-order valence-corrected chi connectivity index (χ4v) is 5.50. The number of rotatable bonds is 8. The van der Waals surface area contributed by atoms with Gasteiger partial charge in [0.1, 0.15) is 0 Å². The summed E-state index contributed by atoms with van der Waals surface area (Å²) < 4.78 is 28.7. The molecule has 1 aliphatic rings. The molecule has 0 aliphatic carbocycles. The normalized spacial score (nSPS) is 16.5. The molecule has 3 aromatic carbocycles. The summed E-state index contributed by atoms with van der Waals surface area (Å²) in [5.41, 5.74) is 2.84. The first kappa shape index (κ1) is 24.9. The van der Waals surface area contributed by atoms with Crippen LogP contribution in [0.5, 0.6) is 0 Å². The first-order valence-corrected chi connectivity index (χ1v) is 13.8. The molecule has 2 N–H and O–H groups in total. The highest BCUT2D eigenvalue weighted by Gasteiger charge is 2.26. The lowest BCUT2D eigenvalue weighted by Gasteiger charge is -2.30. The van der Waals surface area contributed by atoms with Crippen LogP contribution in [0.1, 0.15) is 43.0 Å². The van der Waals surface area contributed by atoms with Crippen LogP contribution < -0.4 is 10.0 Å². The summed E-state index contributed by atoms with van der Waals surface area (Å²) in [7, 11) is -3.79. The fourth-order valence-electron chi connectivity index (χ4n) is 4.45. The van der Waals surface area contributed by atoms with Crippen molar-refractivity contribution in [3.05, 3.63) is 84.4 Å². The van der Waals surface area contributed by atoms with E-state index in [2.05, 4.69) is 17.0 Å². The number of hydrogen-bond donors (Lipinski definition) is 2. The Morgan fingerprint density at radius 3 is 2.49 bits per heavy atom. The number of carbonyl (C=O) groups excluding carboxylic acids is 1. The van der Waals surface area contributed by atoms with Crippen molar-refractivity contribution in [1.82, 2.24) is 10.2 Å². The van der Waals surface area contributed by atoms with E-state index in [0.29, 0.717) is 17.8 Å². The summed E-state index contributed by atoms with van der Waals surface area (Å²) in [5.74, 6) is -0.0527. The van der Waals surface area contributed by atoms with Crippen molar-refractivity contribution in [3.8, 4) is 11.1 Å². The maximum absolute atomic E-state index is 13.4. The van der Waals surface area contributed by atoms with Gasteiger partial charge in [0.2, 0.25) is 0 Å². The van der Waals surface area contributed by atoms with Gasteiger partial charge < -0.3 is 10.2 Å². The van der Waals surface area contributed by atoms with Gasteiger partial charge >= 0.3 is 0 Å². The molecule has 1 heterocycles. The van der Waals surface area contributed by atoms with Crippen molar-refractivity contribution in [2.75, 3.05) is 24.4 Å². The van der Waals surface area contributed by atoms with E-state index in [9.17, 15) is 13.2 Å². The molecule has 35 heavy (non-hydrogen) atoms. The molecule has 6 nitrogen and oxygen atoms in total. The first-order valence-electron chi connectivity index (χ1n) is 12.3.